The van der Waals surface area contributed by atoms with Crippen LogP contribution in [0.1, 0.15) is 59.4 Å². The van der Waals surface area contributed by atoms with E-state index in [1.165, 1.54) is 0 Å². The topological polar surface area (TPSA) is 52.7 Å². The number of anilines is 2. The molecule has 0 radical (unpaired) electrons. The van der Waals surface area contributed by atoms with Crippen molar-refractivity contribution >= 4 is 23.2 Å². The second-order valence-corrected chi connectivity index (χ2v) is 9.13. The fourth-order valence-electron chi connectivity index (χ4n) is 3.24. The number of nitrogens with one attached hydrogen (secondary N) is 1. The Bertz CT molecular complexity index is 685. The average molecular weight is 374 g/mol. The number of nitrogens with zero attached hydrogens (tertiary/aromatic N) is 2. The molecule has 1 N–H and O–H groups in total. The molecule has 5 heteroatoms. The molecule has 1 aliphatic carbocycles. The summed E-state index contributed by atoms with van der Waals surface area (Å²) < 4.78 is 0. The Morgan fingerprint density at radius 2 is 1.81 bits per heavy atom. The third kappa shape index (κ3) is 5.24. The second-order valence-electron chi connectivity index (χ2n) is 9.13. The van der Waals surface area contributed by atoms with Crippen LogP contribution in [0.2, 0.25) is 0 Å². The van der Waals surface area contributed by atoms with Crippen LogP contribution >= 0.6 is 0 Å². The molecule has 0 unspecified atom stereocenters. The maximum atomic E-state index is 12.9. The molecule has 5 nitrogen and oxygen atoms in total. The summed E-state index contributed by atoms with van der Waals surface area (Å²) >= 11 is 0. The van der Waals surface area contributed by atoms with Crippen molar-refractivity contribution in [3.05, 3.63) is 23.8 Å². The third-order valence-corrected chi connectivity index (χ3v) is 5.17. The number of rotatable bonds is 6. The Hall–Kier alpha value is -2.04. The number of hydrogen-bond acceptors (Lipinski definition) is 3. The van der Waals surface area contributed by atoms with Gasteiger partial charge in [0.1, 0.15) is 0 Å². The summed E-state index contributed by atoms with van der Waals surface area (Å²) in [6.45, 7) is 10.5. The van der Waals surface area contributed by atoms with E-state index in [0.29, 0.717) is 6.54 Å². The van der Waals surface area contributed by atoms with Gasteiger partial charge in [-0.1, -0.05) is 27.2 Å². The zero-order valence-electron chi connectivity index (χ0n) is 17.9. The summed E-state index contributed by atoms with van der Waals surface area (Å²) in [6.07, 6.45) is 3.10. The summed E-state index contributed by atoms with van der Waals surface area (Å²) in [5.74, 6) is 0.388. The molecule has 1 aliphatic rings. The quantitative estimate of drug-likeness (QED) is 0.810. The van der Waals surface area contributed by atoms with Crippen LogP contribution in [-0.4, -0.2) is 36.9 Å². The lowest BCUT2D eigenvalue weighted by Crippen LogP contribution is -2.43. The van der Waals surface area contributed by atoms with Crippen molar-refractivity contribution in [1.29, 1.82) is 0 Å². The third-order valence-electron chi connectivity index (χ3n) is 5.17. The zero-order chi connectivity index (χ0) is 20.4. The van der Waals surface area contributed by atoms with Gasteiger partial charge < -0.3 is 15.1 Å². The van der Waals surface area contributed by atoms with Gasteiger partial charge in [0.05, 0.1) is 0 Å². The fourth-order valence-corrected chi connectivity index (χ4v) is 3.24. The fraction of sp³-hybridized carbons (Fsp3) is 0.636. The summed E-state index contributed by atoms with van der Waals surface area (Å²) in [7, 11) is 3.99. The Morgan fingerprint density at radius 3 is 2.26 bits per heavy atom. The monoisotopic (exact) mass is 373 g/mol. The van der Waals surface area contributed by atoms with Gasteiger partial charge in [0.25, 0.3) is 0 Å². The molecular weight excluding hydrogens is 338 g/mol. The molecule has 2 amide bonds. The first-order valence-electron chi connectivity index (χ1n) is 9.93. The maximum Gasteiger partial charge on any atom is 0.228 e. The minimum atomic E-state index is -0.432. The van der Waals surface area contributed by atoms with Gasteiger partial charge in [0.2, 0.25) is 11.8 Å². The van der Waals surface area contributed by atoms with Gasteiger partial charge in [-0.3, -0.25) is 9.59 Å². The highest BCUT2D eigenvalue weighted by Gasteiger charge is 2.30. The first kappa shape index (κ1) is 21.3. The highest BCUT2D eigenvalue weighted by atomic mass is 16.2. The van der Waals surface area contributed by atoms with Crippen LogP contribution in [-0.2, 0) is 16.1 Å². The highest BCUT2D eigenvalue weighted by molar-refractivity contribution is 5.93. The van der Waals surface area contributed by atoms with Crippen molar-refractivity contribution in [3.63, 3.8) is 0 Å². The number of benzene rings is 1. The molecule has 1 saturated carbocycles. The molecule has 0 heterocycles. The number of carbonyl (C=O) groups is 2. The molecule has 0 aliphatic heterocycles. The highest BCUT2D eigenvalue weighted by Crippen LogP contribution is 2.30. The van der Waals surface area contributed by atoms with Crippen LogP contribution in [0.15, 0.2) is 18.2 Å². The molecule has 0 spiro atoms. The molecule has 1 aromatic rings. The summed E-state index contributed by atoms with van der Waals surface area (Å²) in [5, 5.41) is 3.05. The minimum Gasteiger partial charge on any atom is -0.377 e. The van der Waals surface area contributed by atoms with E-state index in [0.717, 1.165) is 36.2 Å². The summed E-state index contributed by atoms with van der Waals surface area (Å²) in [4.78, 5) is 29.2. The molecule has 27 heavy (non-hydrogen) atoms. The van der Waals surface area contributed by atoms with E-state index in [2.05, 4.69) is 5.32 Å². The largest absolute Gasteiger partial charge is 0.377 e. The van der Waals surface area contributed by atoms with Crippen molar-refractivity contribution in [2.24, 2.45) is 11.3 Å². The first-order chi connectivity index (χ1) is 12.5. The molecule has 0 aromatic heterocycles. The Labute approximate surface area is 164 Å². The maximum absolute atomic E-state index is 12.9. The van der Waals surface area contributed by atoms with Crippen molar-refractivity contribution in [3.8, 4) is 0 Å². The summed E-state index contributed by atoms with van der Waals surface area (Å²) in [6, 6.07) is 6.07. The van der Waals surface area contributed by atoms with Crippen LogP contribution in [0.5, 0.6) is 0 Å². The Morgan fingerprint density at radius 1 is 1.19 bits per heavy atom. The lowest BCUT2D eigenvalue weighted by Gasteiger charge is -2.34. The van der Waals surface area contributed by atoms with Crippen LogP contribution in [0, 0.1) is 11.3 Å². The van der Waals surface area contributed by atoms with Crippen LogP contribution in [0.4, 0.5) is 11.4 Å². The van der Waals surface area contributed by atoms with E-state index < -0.39 is 5.41 Å². The molecule has 2 rings (SSSR count). The molecule has 1 aromatic carbocycles. The number of amides is 2. The molecule has 0 atom stereocenters. The lowest BCUT2D eigenvalue weighted by atomic mass is 9.85. The standard InChI is InChI=1S/C22H35N3O2/c1-15(2)25(21(27)22(3,4)5)14-17-13-18(11-12-19(17)24(6)7)23-20(26)16-9-8-10-16/h11-13,15-16H,8-10,14H2,1-7H3,(H,23,26). The molecule has 0 saturated heterocycles. The predicted molar refractivity (Wildman–Crippen MR) is 112 cm³/mol. The normalized spacial score (nSPS) is 14.7. The van der Waals surface area contributed by atoms with Crippen molar-refractivity contribution < 1.29 is 9.59 Å². The predicted octanol–water partition coefficient (Wildman–Crippen LogP) is 4.27. The van der Waals surface area contributed by atoms with Gasteiger partial charge in [-0.15, -0.1) is 0 Å². The molecular formula is C22H35N3O2. The van der Waals surface area contributed by atoms with E-state index in [-0.39, 0.29) is 23.8 Å². The van der Waals surface area contributed by atoms with Gasteiger partial charge in [0, 0.05) is 49.4 Å². The van der Waals surface area contributed by atoms with Crippen LogP contribution in [0.3, 0.4) is 0 Å². The van der Waals surface area contributed by atoms with E-state index >= 15 is 0 Å². The van der Waals surface area contributed by atoms with Gasteiger partial charge in [-0.2, -0.15) is 0 Å². The van der Waals surface area contributed by atoms with Gasteiger partial charge >= 0.3 is 0 Å². The van der Waals surface area contributed by atoms with E-state index in [1.807, 2.05) is 76.7 Å². The van der Waals surface area contributed by atoms with Crippen molar-refractivity contribution in [2.75, 3.05) is 24.3 Å². The van der Waals surface area contributed by atoms with Crippen LogP contribution in [0.25, 0.3) is 0 Å². The smallest absolute Gasteiger partial charge is 0.228 e. The van der Waals surface area contributed by atoms with Gasteiger partial charge in [-0.05, 0) is 50.5 Å². The van der Waals surface area contributed by atoms with Gasteiger partial charge in [0.15, 0.2) is 0 Å². The minimum absolute atomic E-state index is 0.0972. The Balaban J connectivity index is 2.29. The van der Waals surface area contributed by atoms with Crippen molar-refractivity contribution in [2.45, 2.75) is 66.5 Å². The van der Waals surface area contributed by atoms with E-state index in [9.17, 15) is 9.59 Å². The van der Waals surface area contributed by atoms with Crippen LogP contribution < -0.4 is 10.2 Å². The summed E-state index contributed by atoms with van der Waals surface area (Å²) in [5.41, 5.74) is 2.47. The van der Waals surface area contributed by atoms with Gasteiger partial charge in [-0.25, -0.2) is 0 Å². The number of carbonyl (C=O) groups excluding carboxylic acids is 2. The van der Waals surface area contributed by atoms with E-state index in [4.69, 9.17) is 0 Å². The number of hydrogen-bond donors (Lipinski definition) is 1. The molecule has 1 fully saturated rings. The lowest BCUT2D eigenvalue weighted by molar-refractivity contribution is -0.142. The SMILES string of the molecule is CC(C)N(Cc1cc(NC(=O)C2CCC2)ccc1N(C)C)C(=O)C(C)(C)C. The second kappa shape index (κ2) is 8.32. The zero-order valence-corrected chi connectivity index (χ0v) is 17.9. The Kier molecular flexibility index (Phi) is 6.55. The van der Waals surface area contributed by atoms with E-state index in [1.54, 1.807) is 0 Å². The molecule has 0 bridgehead atoms. The first-order valence-corrected chi connectivity index (χ1v) is 9.93. The van der Waals surface area contributed by atoms with Crippen molar-refractivity contribution in [1.82, 2.24) is 4.90 Å². The average Bonchev–Trinajstić information content (AvgIpc) is 2.48. The molecule has 150 valence electrons.